The molecule has 0 radical (unpaired) electrons. The van der Waals surface area contributed by atoms with Gasteiger partial charge in [0.05, 0.1) is 6.54 Å². The minimum absolute atomic E-state index is 0.0414. The Hall–Kier alpha value is -1.18. The quantitative estimate of drug-likeness (QED) is 0.312. The molecule has 0 heterocycles. The molecule has 0 rings (SSSR count). The molecule has 0 spiro atoms. The van der Waals surface area contributed by atoms with Crippen LogP contribution in [0.5, 0.6) is 0 Å². The van der Waals surface area contributed by atoms with E-state index >= 15 is 0 Å². The lowest BCUT2D eigenvalue weighted by Gasteiger charge is -2.13. The minimum atomic E-state index is -1.58. The van der Waals surface area contributed by atoms with Crippen LogP contribution in [0.4, 0.5) is 0 Å². The number of hydrogen-bond donors (Lipinski definition) is 5. The number of carbonyl (C=O) groups is 2. The van der Waals surface area contributed by atoms with E-state index < -0.39 is 30.8 Å². The van der Waals surface area contributed by atoms with Gasteiger partial charge in [0.15, 0.2) is 6.29 Å². The molecule has 0 aromatic rings. The van der Waals surface area contributed by atoms with Gasteiger partial charge in [-0.1, -0.05) is 0 Å². The minimum Gasteiger partial charge on any atom is -0.480 e. The molecule has 0 saturated heterocycles. The monoisotopic (exact) mass is 207 g/mol. The van der Waals surface area contributed by atoms with Gasteiger partial charge in [-0.2, -0.15) is 0 Å². The third-order valence-electron chi connectivity index (χ3n) is 1.51. The second kappa shape index (κ2) is 6.30. The van der Waals surface area contributed by atoms with E-state index in [1.165, 1.54) is 0 Å². The Morgan fingerprint density at radius 1 is 1.14 bits per heavy atom. The molecule has 0 aliphatic rings. The molecule has 0 aliphatic heterocycles. The normalized spacial score (nSPS) is 12.8. The lowest BCUT2D eigenvalue weighted by Crippen LogP contribution is -2.40. The van der Waals surface area contributed by atoms with Crippen molar-refractivity contribution in [3.63, 3.8) is 0 Å². The summed E-state index contributed by atoms with van der Waals surface area (Å²) in [5, 5.41) is 36.1. The van der Waals surface area contributed by atoms with Gasteiger partial charge in [0, 0.05) is 0 Å². The predicted octanol–water partition coefficient (Wildman–Crippen LogP) is -1.80. The van der Waals surface area contributed by atoms with Crippen molar-refractivity contribution in [1.82, 2.24) is 5.32 Å². The average molecular weight is 207 g/mol. The maximum absolute atomic E-state index is 10.5. The molecule has 0 aromatic carbocycles. The molecule has 7 nitrogen and oxygen atoms in total. The molecule has 0 aliphatic carbocycles. The SMILES string of the molecule is O=C(O)CNC(CCC(O)O)C(=O)O. The summed E-state index contributed by atoms with van der Waals surface area (Å²) in [6.45, 7) is -0.474. The van der Waals surface area contributed by atoms with Gasteiger partial charge in [-0.15, -0.1) is 0 Å². The van der Waals surface area contributed by atoms with E-state index in [-0.39, 0.29) is 12.8 Å². The first-order chi connectivity index (χ1) is 6.43. The van der Waals surface area contributed by atoms with E-state index in [0.717, 1.165) is 0 Å². The van der Waals surface area contributed by atoms with Gasteiger partial charge >= 0.3 is 11.9 Å². The second-order valence-electron chi connectivity index (χ2n) is 2.72. The molecule has 0 aromatic heterocycles. The van der Waals surface area contributed by atoms with Gasteiger partial charge in [0.25, 0.3) is 0 Å². The fourth-order valence-electron chi connectivity index (χ4n) is 0.839. The summed E-state index contributed by atoms with van der Waals surface area (Å²) in [6.07, 6.45) is -1.74. The van der Waals surface area contributed by atoms with Crippen LogP contribution in [-0.2, 0) is 9.59 Å². The summed E-state index contributed by atoms with van der Waals surface area (Å²) >= 11 is 0. The molecule has 0 fully saturated rings. The highest BCUT2D eigenvalue weighted by Gasteiger charge is 2.18. The Kier molecular flexibility index (Phi) is 5.77. The summed E-state index contributed by atoms with van der Waals surface area (Å²) < 4.78 is 0. The number of hydrogen-bond acceptors (Lipinski definition) is 5. The molecule has 1 atom stereocenters. The van der Waals surface area contributed by atoms with E-state index in [9.17, 15) is 9.59 Å². The van der Waals surface area contributed by atoms with Gasteiger partial charge in [0.1, 0.15) is 6.04 Å². The third kappa shape index (κ3) is 6.35. The lowest BCUT2D eigenvalue weighted by molar-refractivity contribution is -0.141. The first-order valence-electron chi connectivity index (χ1n) is 3.97. The smallest absolute Gasteiger partial charge is 0.320 e. The zero-order valence-corrected chi connectivity index (χ0v) is 7.38. The van der Waals surface area contributed by atoms with E-state index in [4.69, 9.17) is 20.4 Å². The second-order valence-corrected chi connectivity index (χ2v) is 2.72. The molecule has 1 unspecified atom stereocenters. The van der Waals surface area contributed by atoms with Crippen LogP contribution < -0.4 is 5.32 Å². The number of carboxylic acid groups (broad SMARTS) is 2. The van der Waals surface area contributed by atoms with E-state index in [1.807, 2.05) is 0 Å². The van der Waals surface area contributed by atoms with Gasteiger partial charge < -0.3 is 20.4 Å². The first kappa shape index (κ1) is 12.8. The van der Waals surface area contributed by atoms with Crippen molar-refractivity contribution in [2.24, 2.45) is 0 Å². The highest BCUT2D eigenvalue weighted by molar-refractivity contribution is 5.75. The molecule has 7 heteroatoms. The Balaban J connectivity index is 3.90. The molecule has 14 heavy (non-hydrogen) atoms. The van der Waals surface area contributed by atoms with Crippen LogP contribution in [-0.4, -0.2) is 51.2 Å². The van der Waals surface area contributed by atoms with Crippen LogP contribution in [0.1, 0.15) is 12.8 Å². The Morgan fingerprint density at radius 2 is 1.71 bits per heavy atom. The van der Waals surface area contributed by atoms with Crippen molar-refractivity contribution in [1.29, 1.82) is 0 Å². The van der Waals surface area contributed by atoms with Crippen molar-refractivity contribution in [2.75, 3.05) is 6.54 Å². The fraction of sp³-hybridized carbons (Fsp3) is 0.714. The number of aliphatic carboxylic acids is 2. The van der Waals surface area contributed by atoms with Crippen molar-refractivity contribution in [3.05, 3.63) is 0 Å². The Labute approximate surface area is 80.0 Å². The van der Waals surface area contributed by atoms with E-state index in [1.54, 1.807) is 0 Å². The van der Waals surface area contributed by atoms with Crippen molar-refractivity contribution in [3.8, 4) is 0 Å². The summed E-state index contributed by atoms with van der Waals surface area (Å²) in [6, 6.07) is -1.08. The molecule has 0 bridgehead atoms. The third-order valence-corrected chi connectivity index (χ3v) is 1.51. The van der Waals surface area contributed by atoms with Crippen LogP contribution in [0.25, 0.3) is 0 Å². The van der Waals surface area contributed by atoms with Crippen LogP contribution in [0.2, 0.25) is 0 Å². The summed E-state index contributed by atoms with van der Waals surface area (Å²) in [4.78, 5) is 20.6. The van der Waals surface area contributed by atoms with Gasteiger partial charge in [0.2, 0.25) is 0 Å². The van der Waals surface area contributed by atoms with Crippen LogP contribution in [0, 0.1) is 0 Å². The summed E-state index contributed by atoms with van der Waals surface area (Å²) in [7, 11) is 0. The molecule has 82 valence electrons. The van der Waals surface area contributed by atoms with Gasteiger partial charge in [-0.25, -0.2) is 0 Å². The summed E-state index contributed by atoms with van der Waals surface area (Å²) in [5.74, 6) is -2.38. The zero-order valence-electron chi connectivity index (χ0n) is 7.38. The Bertz CT molecular complexity index is 204. The number of rotatable bonds is 7. The average Bonchev–Trinajstić information content (AvgIpc) is 2.02. The number of carboxylic acids is 2. The molecule has 0 saturated carbocycles. The highest BCUT2D eigenvalue weighted by atomic mass is 16.5. The maximum atomic E-state index is 10.5. The Morgan fingerprint density at radius 3 is 2.07 bits per heavy atom. The van der Waals surface area contributed by atoms with Crippen molar-refractivity contribution >= 4 is 11.9 Å². The maximum Gasteiger partial charge on any atom is 0.320 e. The first-order valence-corrected chi connectivity index (χ1v) is 3.97. The standard InChI is InChI=1S/C7H13NO6/c9-5(10)2-1-4(7(13)14)8-3-6(11)12/h4-5,8-10H,1-3H2,(H,11,12)(H,13,14). The highest BCUT2D eigenvalue weighted by Crippen LogP contribution is 2.00. The van der Waals surface area contributed by atoms with Crippen molar-refractivity contribution in [2.45, 2.75) is 25.2 Å². The van der Waals surface area contributed by atoms with Gasteiger partial charge in [-0.05, 0) is 12.8 Å². The number of aliphatic hydroxyl groups is 2. The van der Waals surface area contributed by atoms with E-state index in [2.05, 4.69) is 5.32 Å². The van der Waals surface area contributed by atoms with Crippen LogP contribution in [0.15, 0.2) is 0 Å². The summed E-state index contributed by atoms with van der Waals surface area (Å²) in [5.41, 5.74) is 0. The van der Waals surface area contributed by atoms with Crippen molar-refractivity contribution < 1.29 is 30.0 Å². The topological polar surface area (TPSA) is 127 Å². The lowest BCUT2D eigenvalue weighted by atomic mass is 10.1. The van der Waals surface area contributed by atoms with Gasteiger partial charge in [-0.3, -0.25) is 14.9 Å². The van der Waals surface area contributed by atoms with E-state index in [0.29, 0.717) is 0 Å². The largest absolute Gasteiger partial charge is 0.480 e. The molecular formula is C7H13NO6. The predicted molar refractivity (Wildman–Crippen MR) is 44.5 cm³/mol. The molecule has 0 amide bonds. The fourth-order valence-corrected chi connectivity index (χ4v) is 0.839. The van der Waals surface area contributed by atoms with Crippen LogP contribution >= 0.6 is 0 Å². The van der Waals surface area contributed by atoms with Crippen LogP contribution in [0.3, 0.4) is 0 Å². The number of nitrogens with one attached hydrogen (secondary N) is 1. The zero-order chi connectivity index (χ0) is 11.1. The molecule has 5 N–H and O–H groups in total. The number of aliphatic hydroxyl groups excluding tert-OH is 1. The molecular weight excluding hydrogens is 194 g/mol.